The molecule has 20 heavy (non-hydrogen) atoms. The highest BCUT2D eigenvalue weighted by Gasteiger charge is 2.16. The number of anilines is 1. The van der Waals surface area contributed by atoms with Gasteiger partial charge in [0.05, 0.1) is 11.3 Å². The molecule has 3 nitrogen and oxygen atoms in total. The molecule has 0 aromatic heterocycles. The van der Waals surface area contributed by atoms with Gasteiger partial charge in [0, 0.05) is 13.1 Å². The number of hydrogen-bond donors (Lipinski definition) is 2. The third kappa shape index (κ3) is 2.96. The molecule has 104 valence electrons. The van der Waals surface area contributed by atoms with Crippen LogP contribution in [0.4, 0.5) is 10.1 Å². The quantitative estimate of drug-likeness (QED) is 0.648. The van der Waals surface area contributed by atoms with E-state index in [2.05, 4.69) is 0 Å². The summed E-state index contributed by atoms with van der Waals surface area (Å²) >= 11 is 0. The molecule has 0 bridgehead atoms. The molecular formula is C16H18FN3. The van der Waals surface area contributed by atoms with Crippen LogP contribution in [0.1, 0.15) is 18.1 Å². The first-order valence-corrected chi connectivity index (χ1v) is 6.55. The number of benzene rings is 2. The molecule has 0 saturated carbocycles. The third-order valence-corrected chi connectivity index (χ3v) is 3.20. The Balaban J connectivity index is 2.37. The standard InChI is InChI=1S/C16H18FN3/c1-2-20(11-12-7-4-3-5-8-12)14-10-6-9-13(17)15(14)16(18)19/h3-10H,2,11H2,1H3,(H3,18,19). The van der Waals surface area contributed by atoms with Gasteiger partial charge in [-0.3, -0.25) is 5.41 Å². The topological polar surface area (TPSA) is 53.1 Å². The molecule has 0 aliphatic heterocycles. The molecule has 0 spiro atoms. The summed E-state index contributed by atoms with van der Waals surface area (Å²) in [7, 11) is 0. The summed E-state index contributed by atoms with van der Waals surface area (Å²) in [5.74, 6) is -0.703. The second-order valence-electron chi connectivity index (χ2n) is 4.55. The Morgan fingerprint density at radius 1 is 1.15 bits per heavy atom. The van der Waals surface area contributed by atoms with Gasteiger partial charge in [-0.1, -0.05) is 36.4 Å². The highest BCUT2D eigenvalue weighted by molar-refractivity contribution is 6.00. The summed E-state index contributed by atoms with van der Waals surface area (Å²) in [5.41, 5.74) is 7.48. The van der Waals surface area contributed by atoms with Gasteiger partial charge in [-0.2, -0.15) is 0 Å². The van der Waals surface area contributed by atoms with Gasteiger partial charge in [0.1, 0.15) is 11.7 Å². The van der Waals surface area contributed by atoms with Crippen LogP contribution in [0.2, 0.25) is 0 Å². The summed E-state index contributed by atoms with van der Waals surface area (Å²) in [6.07, 6.45) is 0. The molecule has 0 saturated heterocycles. The van der Waals surface area contributed by atoms with Crippen LogP contribution in [0, 0.1) is 11.2 Å². The van der Waals surface area contributed by atoms with Gasteiger partial charge in [-0.25, -0.2) is 4.39 Å². The normalized spacial score (nSPS) is 10.3. The number of amidine groups is 1. The number of nitrogens with one attached hydrogen (secondary N) is 1. The zero-order chi connectivity index (χ0) is 14.5. The monoisotopic (exact) mass is 271 g/mol. The molecule has 0 atom stereocenters. The first kappa shape index (κ1) is 14.1. The van der Waals surface area contributed by atoms with E-state index in [9.17, 15) is 4.39 Å². The number of rotatable bonds is 5. The Hall–Kier alpha value is -2.36. The Bertz CT molecular complexity index is 596. The SMILES string of the molecule is CCN(Cc1ccccc1)c1cccc(F)c1C(=N)N. The van der Waals surface area contributed by atoms with Crippen LogP contribution in [0.15, 0.2) is 48.5 Å². The fourth-order valence-corrected chi connectivity index (χ4v) is 2.21. The van der Waals surface area contributed by atoms with Crippen molar-refractivity contribution in [3.05, 3.63) is 65.5 Å². The largest absolute Gasteiger partial charge is 0.384 e. The maximum absolute atomic E-state index is 13.9. The fraction of sp³-hybridized carbons (Fsp3) is 0.188. The van der Waals surface area contributed by atoms with Crippen LogP contribution in [-0.2, 0) is 6.54 Å². The summed E-state index contributed by atoms with van der Waals surface area (Å²) in [5, 5.41) is 7.58. The lowest BCUT2D eigenvalue weighted by Gasteiger charge is -2.25. The Morgan fingerprint density at radius 3 is 2.45 bits per heavy atom. The van der Waals surface area contributed by atoms with Crippen LogP contribution in [-0.4, -0.2) is 12.4 Å². The van der Waals surface area contributed by atoms with E-state index in [1.807, 2.05) is 42.2 Å². The lowest BCUT2D eigenvalue weighted by Crippen LogP contribution is -2.26. The molecule has 2 aromatic rings. The average Bonchev–Trinajstić information content (AvgIpc) is 2.45. The van der Waals surface area contributed by atoms with E-state index in [4.69, 9.17) is 11.1 Å². The van der Waals surface area contributed by atoms with E-state index < -0.39 is 5.82 Å². The van der Waals surface area contributed by atoms with Crippen LogP contribution in [0.3, 0.4) is 0 Å². The minimum absolute atomic E-state index is 0.172. The van der Waals surface area contributed by atoms with Gasteiger partial charge in [0.25, 0.3) is 0 Å². The molecule has 0 aliphatic rings. The van der Waals surface area contributed by atoms with Crippen LogP contribution >= 0.6 is 0 Å². The Labute approximate surface area is 118 Å². The molecule has 0 heterocycles. The summed E-state index contributed by atoms with van der Waals surface area (Å²) in [6, 6.07) is 14.7. The molecule has 0 radical (unpaired) electrons. The van der Waals surface area contributed by atoms with E-state index in [-0.39, 0.29) is 11.4 Å². The first-order chi connectivity index (χ1) is 9.63. The molecule has 0 aliphatic carbocycles. The molecule has 2 rings (SSSR count). The first-order valence-electron chi connectivity index (χ1n) is 6.55. The van der Waals surface area contributed by atoms with Gasteiger partial charge in [-0.05, 0) is 24.6 Å². The van der Waals surface area contributed by atoms with Crippen LogP contribution in [0.25, 0.3) is 0 Å². The highest BCUT2D eigenvalue weighted by atomic mass is 19.1. The van der Waals surface area contributed by atoms with Crippen molar-refractivity contribution in [2.45, 2.75) is 13.5 Å². The number of hydrogen-bond acceptors (Lipinski definition) is 2. The van der Waals surface area contributed by atoms with Crippen molar-refractivity contribution in [3.8, 4) is 0 Å². The smallest absolute Gasteiger partial charge is 0.136 e. The van der Waals surface area contributed by atoms with E-state index in [0.29, 0.717) is 18.8 Å². The lowest BCUT2D eigenvalue weighted by atomic mass is 10.1. The number of halogens is 1. The molecule has 2 aromatic carbocycles. The van der Waals surface area contributed by atoms with Gasteiger partial charge >= 0.3 is 0 Å². The predicted molar refractivity (Wildman–Crippen MR) is 80.6 cm³/mol. The van der Waals surface area contributed by atoms with Crippen molar-refractivity contribution in [2.24, 2.45) is 5.73 Å². The zero-order valence-electron chi connectivity index (χ0n) is 11.4. The second-order valence-corrected chi connectivity index (χ2v) is 4.55. The zero-order valence-corrected chi connectivity index (χ0v) is 11.4. The van der Waals surface area contributed by atoms with Crippen LogP contribution in [0.5, 0.6) is 0 Å². The van der Waals surface area contributed by atoms with Gasteiger partial charge in [0.15, 0.2) is 0 Å². The molecule has 0 unspecified atom stereocenters. The maximum Gasteiger partial charge on any atom is 0.136 e. The van der Waals surface area contributed by atoms with E-state index in [1.165, 1.54) is 6.07 Å². The van der Waals surface area contributed by atoms with E-state index >= 15 is 0 Å². The van der Waals surface area contributed by atoms with E-state index in [1.54, 1.807) is 12.1 Å². The summed E-state index contributed by atoms with van der Waals surface area (Å²) in [6.45, 7) is 3.36. The molecule has 0 fully saturated rings. The van der Waals surface area contributed by atoms with Gasteiger partial charge in [0.2, 0.25) is 0 Å². The molecular weight excluding hydrogens is 253 g/mol. The fourth-order valence-electron chi connectivity index (χ4n) is 2.21. The van der Waals surface area contributed by atoms with Gasteiger partial charge in [-0.15, -0.1) is 0 Å². The molecule has 4 heteroatoms. The summed E-state index contributed by atoms with van der Waals surface area (Å²) in [4.78, 5) is 2.01. The van der Waals surface area contributed by atoms with Crippen molar-refractivity contribution in [1.29, 1.82) is 5.41 Å². The summed E-state index contributed by atoms with van der Waals surface area (Å²) < 4.78 is 13.9. The number of nitrogens with zero attached hydrogens (tertiary/aromatic N) is 1. The molecule has 0 amide bonds. The Morgan fingerprint density at radius 2 is 1.85 bits per heavy atom. The maximum atomic E-state index is 13.9. The minimum Gasteiger partial charge on any atom is -0.384 e. The van der Waals surface area contributed by atoms with Crippen molar-refractivity contribution in [1.82, 2.24) is 0 Å². The van der Waals surface area contributed by atoms with Crippen molar-refractivity contribution >= 4 is 11.5 Å². The molecule has 3 N–H and O–H groups in total. The average molecular weight is 271 g/mol. The predicted octanol–water partition coefficient (Wildman–Crippen LogP) is 3.14. The van der Waals surface area contributed by atoms with Crippen molar-refractivity contribution < 1.29 is 4.39 Å². The van der Waals surface area contributed by atoms with E-state index in [0.717, 1.165) is 5.56 Å². The number of nitrogens with two attached hydrogens (primary N) is 1. The van der Waals surface area contributed by atoms with Gasteiger partial charge < -0.3 is 10.6 Å². The highest BCUT2D eigenvalue weighted by Crippen LogP contribution is 2.24. The van der Waals surface area contributed by atoms with Crippen molar-refractivity contribution in [3.63, 3.8) is 0 Å². The third-order valence-electron chi connectivity index (χ3n) is 3.20. The van der Waals surface area contributed by atoms with Crippen molar-refractivity contribution in [2.75, 3.05) is 11.4 Å². The minimum atomic E-state index is -0.457. The Kier molecular flexibility index (Phi) is 4.35. The lowest BCUT2D eigenvalue weighted by molar-refractivity contribution is 0.623. The van der Waals surface area contributed by atoms with Crippen LogP contribution < -0.4 is 10.6 Å². The second kappa shape index (κ2) is 6.19. The number of nitrogen functional groups attached to an aromatic ring is 1.